The zero-order valence-corrected chi connectivity index (χ0v) is 12.9. The maximum absolute atomic E-state index is 11.9. The largest absolute Gasteiger partial charge is 0.468 e. The number of Topliss-reactive ketones (excluding diaryl/α,β-unsaturated/α-hetero) is 1. The van der Waals surface area contributed by atoms with Gasteiger partial charge in [0.25, 0.3) is 0 Å². The number of halogens is 1. The number of thioether (sulfide) groups is 1. The van der Waals surface area contributed by atoms with E-state index in [1.807, 2.05) is 36.4 Å². The van der Waals surface area contributed by atoms with Crippen molar-refractivity contribution >= 4 is 33.5 Å². The zero-order valence-electron chi connectivity index (χ0n) is 10.5. The Morgan fingerprint density at radius 2 is 2.00 bits per heavy atom. The fourth-order valence-electron chi connectivity index (χ4n) is 1.68. The molecule has 0 radical (unpaired) electrons. The molecule has 0 bridgehead atoms. The van der Waals surface area contributed by atoms with Crippen LogP contribution < -0.4 is 0 Å². The molecule has 2 aromatic rings. The summed E-state index contributed by atoms with van der Waals surface area (Å²) in [5.74, 6) is 3.05. The third kappa shape index (κ3) is 4.88. The van der Waals surface area contributed by atoms with Gasteiger partial charge in [0, 0.05) is 16.5 Å². The number of carbonyl (C=O) groups excluding carboxylic acids is 1. The molecule has 1 heterocycles. The first-order valence-electron chi connectivity index (χ1n) is 6.14. The summed E-state index contributed by atoms with van der Waals surface area (Å²) in [6.45, 7) is 0. The van der Waals surface area contributed by atoms with E-state index in [4.69, 9.17) is 4.42 Å². The van der Waals surface area contributed by atoms with Crippen molar-refractivity contribution in [3.05, 3.63) is 58.5 Å². The van der Waals surface area contributed by atoms with Crippen molar-refractivity contribution in [2.24, 2.45) is 0 Å². The summed E-state index contributed by atoms with van der Waals surface area (Å²) in [5, 5.41) is 0. The van der Waals surface area contributed by atoms with Gasteiger partial charge in [0.1, 0.15) is 5.76 Å². The van der Waals surface area contributed by atoms with Gasteiger partial charge in [0.2, 0.25) is 0 Å². The van der Waals surface area contributed by atoms with Gasteiger partial charge in [-0.3, -0.25) is 4.79 Å². The average Bonchev–Trinajstić information content (AvgIpc) is 2.92. The fraction of sp³-hybridized carbons (Fsp3) is 0.267. The van der Waals surface area contributed by atoms with Crippen LogP contribution in [0.4, 0.5) is 0 Å². The molecule has 2 nitrogen and oxygen atoms in total. The van der Waals surface area contributed by atoms with Gasteiger partial charge in [-0.25, -0.2) is 0 Å². The van der Waals surface area contributed by atoms with Crippen molar-refractivity contribution in [2.45, 2.75) is 18.6 Å². The minimum absolute atomic E-state index is 0.214. The third-order valence-electron chi connectivity index (χ3n) is 2.68. The maximum Gasteiger partial charge on any atom is 0.162 e. The van der Waals surface area contributed by atoms with Crippen molar-refractivity contribution in [3.63, 3.8) is 0 Å². The molecular weight excluding hydrogens is 324 g/mol. The number of benzene rings is 1. The van der Waals surface area contributed by atoms with Crippen LogP contribution in [0.15, 0.2) is 51.6 Å². The lowest BCUT2D eigenvalue weighted by atomic mass is 10.1. The molecule has 0 aliphatic rings. The van der Waals surface area contributed by atoms with E-state index < -0.39 is 0 Å². The molecule has 1 aromatic heterocycles. The smallest absolute Gasteiger partial charge is 0.162 e. The summed E-state index contributed by atoms with van der Waals surface area (Å²) in [5.41, 5.74) is 0.791. The molecular formula is C15H15BrO2S. The quantitative estimate of drug-likeness (QED) is 0.529. The van der Waals surface area contributed by atoms with E-state index in [-0.39, 0.29) is 5.78 Å². The van der Waals surface area contributed by atoms with E-state index in [9.17, 15) is 4.79 Å². The molecule has 4 heteroatoms. The van der Waals surface area contributed by atoms with E-state index in [1.54, 1.807) is 18.0 Å². The van der Waals surface area contributed by atoms with Crippen LogP contribution >= 0.6 is 27.7 Å². The minimum Gasteiger partial charge on any atom is -0.468 e. The summed E-state index contributed by atoms with van der Waals surface area (Å²) in [7, 11) is 0. The van der Waals surface area contributed by atoms with Gasteiger partial charge in [0.15, 0.2) is 5.78 Å². The predicted octanol–water partition coefficient (Wildman–Crippen LogP) is 4.94. The molecule has 1 aromatic carbocycles. The average molecular weight is 339 g/mol. The molecule has 0 atom stereocenters. The molecule has 0 saturated heterocycles. The van der Waals surface area contributed by atoms with E-state index in [0.29, 0.717) is 6.42 Å². The Labute approximate surface area is 125 Å². The third-order valence-corrected chi connectivity index (χ3v) is 4.28. The number of hydrogen-bond donors (Lipinski definition) is 0. The second-order valence-corrected chi connectivity index (χ2v) is 6.19. The van der Waals surface area contributed by atoms with E-state index in [2.05, 4.69) is 15.9 Å². The lowest BCUT2D eigenvalue weighted by Gasteiger charge is -2.01. The minimum atomic E-state index is 0.214. The van der Waals surface area contributed by atoms with Crippen LogP contribution in [0.2, 0.25) is 0 Å². The predicted molar refractivity (Wildman–Crippen MR) is 82.6 cm³/mol. The normalized spacial score (nSPS) is 10.6. The Bertz CT molecular complexity index is 505. The Balaban J connectivity index is 1.65. The number of hydrogen-bond acceptors (Lipinski definition) is 3. The first-order chi connectivity index (χ1) is 9.25. The lowest BCUT2D eigenvalue weighted by Crippen LogP contribution is -1.99. The molecule has 0 saturated carbocycles. The Kier molecular flexibility index (Phi) is 5.73. The van der Waals surface area contributed by atoms with Gasteiger partial charge in [-0.05, 0) is 36.4 Å². The standard InChI is InChI=1S/C15H15BrO2S/c16-13-7-5-12(6-8-13)15(17)4-2-10-19-11-14-3-1-9-18-14/h1,3,5-9H,2,4,10-11H2. The highest BCUT2D eigenvalue weighted by Crippen LogP contribution is 2.16. The molecule has 0 N–H and O–H groups in total. The highest BCUT2D eigenvalue weighted by atomic mass is 79.9. The van der Waals surface area contributed by atoms with Crippen molar-refractivity contribution in [3.8, 4) is 0 Å². The molecule has 100 valence electrons. The topological polar surface area (TPSA) is 30.2 Å². The molecule has 19 heavy (non-hydrogen) atoms. The van der Waals surface area contributed by atoms with Crippen LogP contribution in [-0.4, -0.2) is 11.5 Å². The molecule has 0 fully saturated rings. The summed E-state index contributed by atoms with van der Waals surface area (Å²) in [6, 6.07) is 11.4. The summed E-state index contributed by atoms with van der Waals surface area (Å²) in [6.07, 6.45) is 3.19. The van der Waals surface area contributed by atoms with Crippen LogP contribution in [0.3, 0.4) is 0 Å². The lowest BCUT2D eigenvalue weighted by molar-refractivity contribution is 0.0982. The van der Waals surface area contributed by atoms with Gasteiger partial charge >= 0.3 is 0 Å². The van der Waals surface area contributed by atoms with Crippen LogP contribution in [0.1, 0.15) is 29.0 Å². The van der Waals surface area contributed by atoms with Gasteiger partial charge in [0.05, 0.1) is 12.0 Å². The van der Waals surface area contributed by atoms with Gasteiger partial charge < -0.3 is 4.42 Å². The number of ketones is 1. The molecule has 2 rings (SSSR count). The van der Waals surface area contributed by atoms with Crippen molar-refractivity contribution in [2.75, 3.05) is 5.75 Å². The second-order valence-electron chi connectivity index (χ2n) is 4.17. The summed E-state index contributed by atoms with van der Waals surface area (Å²) >= 11 is 5.16. The molecule has 0 amide bonds. The van der Waals surface area contributed by atoms with Crippen LogP contribution in [0.25, 0.3) is 0 Å². The first kappa shape index (κ1) is 14.4. The number of rotatable bonds is 7. The highest BCUT2D eigenvalue weighted by molar-refractivity contribution is 9.10. The van der Waals surface area contributed by atoms with Gasteiger partial charge in [-0.1, -0.05) is 28.1 Å². The Morgan fingerprint density at radius 3 is 2.68 bits per heavy atom. The van der Waals surface area contributed by atoms with Gasteiger partial charge in [-0.15, -0.1) is 0 Å². The SMILES string of the molecule is O=C(CCCSCc1ccco1)c1ccc(Br)cc1. The van der Waals surface area contributed by atoms with Crippen LogP contribution in [-0.2, 0) is 5.75 Å². The Morgan fingerprint density at radius 1 is 1.21 bits per heavy atom. The van der Waals surface area contributed by atoms with Crippen molar-refractivity contribution < 1.29 is 9.21 Å². The summed E-state index contributed by atoms with van der Waals surface area (Å²) < 4.78 is 6.25. The highest BCUT2D eigenvalue weighted by Gasteiger charge is 2.05. The van der Waals surface area contributed by atoms with E-state index in [0.717, 1.165) is 33.7 Å². The van der Waals surface area contributed by atoms with Gasteiger partial charge in [-0.2, -0.15) is 11.8 Å². The molecule has 0 spiro atoms. The molecule has 0 unspecified atom stereocenters. The van der Waals surface area contributed by atoms with Crippen molar-refractivity contribution in [1.82, 2.24) is 0 Å². The monoisotopic (exact) mass is 338 g/mol. The summed E-state index contributed by atoms with van der Waals surface area (Å²) in [4.78, 5) is 11.9. The van der Waals surface area contributed by atoms with E-state index in [1.165, 1.54) is 0 Å². The number of carbonyl (C=O) groups is 1. The fourth-order valence-corrected chi connectivity index (χ4v) is 2.80. The van der Waals surface area contributed by atoms with Crippen LogP contribution in [0, 0.1) is 0 Å². The zero-order chi connectivity index (χ0) is 13.5. The van der Waals surface area contributed by atoms with Crippen molar-refractivity contribution in [1.29, 1.82) is 0 Å². The second kappa shape index (κ2) is 7.56. The molecule has 0 aliphatic heterocycles. The Hall–Kier alpha value is -1.000. The molecule has 0 aliphatic carbocycles. The van der Waals surface area contributed by atoms with Crippen LogP contribution in [0.5, 0.6) is 0 Å². The number of furan rings is 1. The maximum atomic E-state index is 11.9. The van der Waals surface area contributed by atoms with E-state index >= 15 is 0 Å². The first-order valence-corrected chi connectivity index (χ1v) is 8.09.